The second kappa shape index (κ2) is 5.31. The predicted molar refractivity (Wildman–Crippen MR) is 50.1 cm³/mol. The fourth-order valence-corrected chi connectivity index (χ4v) is 1.07. The molecule has 1 N–H and O–H groups in total. The standard InChI is InChI=1S/C10H20O2/c1-4-5-6-7-8-10(3,12)9(2)11/h12H,4-8H2,1-3H3. The number of carbonyl (C=O) groups is 1. The van der Waals surface area contributed by atoms with Gasteiger partial charge in [0.2, 0.25) is 0 Å². The minimum atomic E-state index is -1.09. The molecule has 0 saturated carbocycles. The highest BCUT2D eigenvalue weighted by Crippen LogP contribution is 2.15. The van der Waals surface area contributed by atoms with Crippen LogP contribution in [0.3, 0.4) is 0 Å². The maximum atomic E-state index is 10.9. The number of Topliss-reactive ketones (excluding diaryl/α,β-unsaturated/α-hetero) is 1. The zero-order chi connectivity index (χ0) is 9.61. The Balaban J connectivity index is 3.54. The predicted octanol–water partition coefficient (Wildman–Crippen LogP) is 2.30. The number of hydrogen-bond acceptors (Lipinski definition) is 2. The number of rotatable bonds is 6. The number of carbonyl (C=O) groups excluding carboxylic acids is 1. The van der Waals surface area contributed by atoms with E-state index in [-0.39, 0.29) is 5.78 Å². The maximum Gasteiger partial charge on any atom is 0.160 e. The van der Waals surface area contributed by atoms with Gasteiger partial charge in [-0.05, 0) is 20.3 Å². The van der Waals surface area contributed by atoms with Crippen molar-refractivity contribution < 1.29 is 9.90 Å². The van der Waals surface area contributed by atoms with Crippen molar-refractivity contribution in [3.63, 3.8) is 0 Å². The Hall–Kier alpha value is -0.370. The second-order valence-corrected chi connectivity index (χ2v) is 3.64. The van der Waals surface area contributed by atoms with Crippen LogP contribution in [0.1, 0.15) is 52.9 Å². The third-order valence-electron chi connectivity index (χ3n) is 2.28. The molecule has 1 atom stereocenters. The molecule has 0 aromatic rings. The lowest BCUT2D eigenvalue weighted by Crippen LogP contribution is -2.32. The molecule has 0 radical (unpaired) electrons. The molecule has 12 heavy (non-hydrogen) atoms. The Labute approximate surface area is 75.0 Å². The lowest BCUT2D eigenvalue weighted by atomic mass is 9.94. The van der Waals surface area contributed by atoms with Gasteiger partial charge in [0.05, 0.1) is 0 Å². The van der Waals surface area contributed by atoms with E-state index in [2.05, 4.69) is 6.92 Å². The largest absolute Gasteiger partial charge is 0.382 e. The van der Waals surface area contributed by atoms with Gasteiger partial charge in [-0.1, -0.05) is 32.6 Å². The summed E-state index contributed by atoms with van der Waals surface area (Å²) in [6, 6.07) is 0. The van der Waals surface area contributed by atoms with E-state index < -0.39 is 5.60 Å². The summed E-state index contributed by atoms with van der Waals surface area (Å²) in [5.41, 5.74) is -1.09. The molecular weight excluding hydrogens is 152 g/mol. The van der Waals surface area contributed by atoms with Crippen LogP contribution in [0.2, 0.25) is 0 Å². The van der Waals surface area contributed by atoms with Crippen LogP contribution >= 0.6 is 0 Å². The number of aliphatic hydroxyl groups is 1. The van der Waals surface area contributed by atoms with E-state index in [4.69, 9.17) is 0 Å². The molecule has 0 aliphatic rings. The number of hydrogen-bond donors (Lipinski definition) is 1. The fourth-order valence-electron chi connectivity index (χ4n) is 1.07. The van der Waals surface area contributed by atoms with Gasteiger partial charge in [0, 0.05) is 0 Å². The molecule has 0 aromatic heterocycles. The third kappa shape index (κ3) is 4.50. The molecule has 0 fully saturated rings. The molecular formula is C10H20O2. The van der Waals surface area contributed by atoms with Gasteiger partial charge in [-0.25, -0.2) is 0 Å². The van der Waals surface area contributed by atoms with Gasteiger partial charge in [0.15, 0.2) is 5.78 Å². The van der Waals surface area contributed by atoms with Crippen LogP contribution in [0.15, 0.2) is 0 Å². The first-order valence-electron chi connectivity index (χ1n) is 4.74. The van der Waals surface area contributed by atoms with E-state index >= 15 is 0 Å². The van der Waals surface area contributed by atoms with Crippen molar-refractivity contribution in [1.82, 2.24) is 0 Å². The fraction of sp³-hybridized carbons (Fsp3) is 0.900. The van der Waals surface area contributed by atoms with E-state index in [0.717, 1.165) is 12.8 Å². The van der Waals surface area contributed by atoms with Crippen molar-refractivity contribution in [2.75, 3.05) is 0 Å². The van der Waals surface area contributed by atoms with Crippen LogP contribution in [0.5, 0.6) is 0 Å². The highest BCUT2D eigenvalue weighted by Gasteiger charge is 2.24. The van der Waals surface area contributed by atoms with Crippen LogP contribution < -0.4 is 0 Å². The van der Waals surface area contributed by atoms with Crippen molar-refractivity contribution >= 4 is 5.78 Å². The molecule has 0 bridgehead atoms. The lowest BCUT2D eigenvalue weighted by Gasteiger charge is -2.19. The van der Waals surface area contributed by atoms with E-state index in [1.165, 1.54) is 19.8 Å². The number of unbranched alkanes of at least 4 members (excludes halogenated alkanes) is 3. The van der Waals surface area contributed by atoms with Crippen LogP contribution in [-0.2, 0) is 4.79 Å². The van der Waals surface area contributed by atoms with Gasteiger partial charge in [-0.2, -0.15) is 0 Å². The molecule has 0 aliphatic carbocycles. The summed E-state index contributed by atoms with van der Waals surface area (Å²) in [5, 5.41) is 9.54. The van der Waals surface area contributed by atoms with Gasteiger partial charge in [0.1, 0.15) is 5.60 Å². The Morgan fingerprint density at radius 1 is 1.33 bits per heavy atom. The monoisotopic (exact) mass is 172 g/mol. The van der Waals surface area contributed by atoms with Gasteiger partial charge >= 0.3 is 0 Å². The van der Waals surface area contributed by atoms with Crippen LogP contribution in [0.25, 0.3) is 0 Å². The van der Waals surface area contributed by atoms with Gasteiger partial charge in [-0.15, -0.1) is 0 Å². The zero-order valence-corrected chi connectivity index (χ0v) is 8.39. The summed E-state index contributed by atoms with van der Waals surface area (Å²) in [4.78, 5) is 10.9. The van der Waals surface area contributed by atoms with Gasteiger partial charge in [-0.3, -0.25) is 4.79 Å². The molecule has 0 rings (SSSR count). The van der Waals surface area contributed by atoms with Crippen molar-refractivity contribution in [1.29, 1.82) is 0 Å². The summed E-state index contributed by atoms with van der Waals surface area (Å²) in [5.74, 6) is -0.126. The first kappa shape index (κ1) is 11.6. The smallest absolute Gasteiger partial charge is 0.160 e. The minimum Gasteiger partial charge on any atom is -0.382 e. The molecule has 0 heterocycles. The Bertz CT molecular complexity index is 139. The maximum absolute atomic E-state index is 10.9. The molecule has 1 unspecified atom stereocenters. The quantitative estimate of drug-likeness (QED) is 0.624. The molecule has 72 valence electrons. The Kier molecular flexibility index (Phi) is 5.14. The van der Waals surface area contributed by atoms with Gasteiger partial charge in [0.25, 0.3) is 0 Å². The van der Waals surface area contributed by atoms with E-state index in [1.54, 1.807) is 6.92 Å². The molecule has 0 aliphatic heterocycles. The Morgan fingerprint density at radius 2 is 1.92 bits per heavy atom. The van der Waals surface area contributed by atoms with E-state index in [1.807, 2.05) is 0 Å². The molecule has 2 heteroatoms. The average molecular weight is 172 g/mol. The summed E-state index contributed by atoms with van der Waals surface area (Å²) >= 11 is 0. The molecule has 2 nitrogen and oxygen atoms in total. The first-order chi connectivity index (χ1) is 5.50. The van der Waals surface area contributed by atoms with Crippen molar-refractivity contribution in [3.05, 3.63) is 0 Å². The van der Waals surface area contributed by atoms with Gasteiger partial charge < -0.3 is 5.11 Å². The van der Waals surface area contributed by atoms with Crippen molar-refractivity contribution in [2.45, 2.75) is 58.5 Å². The summed E-state index contributed by atoms with van der Waals surface area (Å²) < 4.78 is 0. The highest BCUT2D eigenvalue weighted by atomic mass is 16.3. The minimum absolute atomic E-state index is 0.126. The lowest BCUT2D eigenvalue weighted by molar-refractivity contribution is -0.134. The van der Waals surface area contributed by atoms with E-state index in [0.29, 0.717) is 6.42 Å². The Morgan fingerprint density at radius 3 is 2.33 bits per heavy atom. The highest BCUT2D eigenvalue weighted by molar-refractivity contribution is 5.84. The molecule has 0 spiro atoms. The first-order valence-corrected chi connectivity index (χ1v) is 4.74. The molecule has 0 amide bonds. The van der Waals surface area contributed by atoms with Crippen molar-refractivity contribution in [3.8, 4) is 0 Å². The molecule has 0 aromatic carbocycles. The number of ketones is 1. The SMILES string of the molecule is CCCCCCC(C)(O)C(C)=O. The average Bonchev–Trinajstić information content (AvgIpc) is 1.98. The third-order valence-corrected chi connectivity index (χ3v) is 2.28. The van der Waals surface area contributed by atoms with Crippen LogP contribution in [0.4, 0.5) is 0 Å². The summed E-state index contributed by atoms with van der Waals surface area (Å²) in [7, 11) is 0. The zero-order valence-electron chi connectivity index (χ0n) is 8.39. The van der Waals surface area contributed by atoms with Crippen LogP contribution in [-0.4, -0.2) is 16.5 Å². The summed E-state index contributed by atoms with van der Waals surface area (Å²) in [6.07, 6.45) is 5.03. The molecule has 0 saturated heterocycles. The second-order valence-electron chi connectivity index (χ2n) is 3.64. The summed E-state index contributed by atoms with van der Waals surface area (Å²) in [6.45, 7) is 5.18. The normalized spacial score (nSPS) is 15.7. The topological polar surface area (TPSA) is 37.3 Å². The van der Waals surface area contributed by atoms with Crippen LogP contribution in [0, 0.1) is 0 Å². The van der Waals surface area contributed by atoms with Crippen molar-refractivity contribution in [2.24, 2.45) is 0 Å². The van der Waals surface area contributed by atoms with E-state index in [9.17, 15) is 9.90 Å².